The van der Waals surface area contributed by atoms with E-state index in [0.717, 1.165) is 32.1 Å². The monoisotopic (exact) mass is 268 g/mol. The van der Waals surface area contributed by atoms with Gasteiger partial charge in [-0.2, -0.15) is 0 Å². The summed E-state index contributed by atoms with van der Waals surface area (Å²) in [4.78, 5) is 22.9. The number of hydrogen-bond donors (Lipinski definition) is 3. The van der Waals surface area contributed by atoms with Gasteiger partial charge in [0.2, 0.25) is 0 Å². The van der Waals surface area contributed by atoms with Crippen molar-refractivity contribution in [3.8, 4) is 0 Å². The van der Waals surface area contributed by atoms with Crippen LogP contribution in [0.4, 0.5) is 4.79 Å². The Labute approximate surface area is 114 Å². The van der Waals surface area contributed by atoms with Crippen molar-refractivity contribution in [2.24, 2.45) is 5.41 Å². The summed E-state index contributed by atoms with van der Waals surface area (Å²) in [7, 11) is 0. The fourth-order valence-corrected chi connectivity index (χ4v) is 3.07. The van der Waals surface area contributed by atoms with E-state index in [1.54, 1.807) is 0 Å². The number of hydrogen-bond acceptors (Lipinski definition) is 2. The van der Waals surface area contributed by atoms with Crippen LogP contribution in [0.25, 0.3) is 0 Å². The van der Waals surface area contributed by atoms with Crippen LogP contribution in [-0.4, -0.2) is 29.2 Å². The van der Waals surface area contributed by atoms with E-state index in [4.69, 9.17) is 5.11 Å². The Balaban J connectivity index is 1.83. The van der Waals surface area contributed by atoms with Crippen LogP contribution in [0.3, 0.4) is 0 Å². The first kappa shape index (κ1) is 14.2. The van der Waals surface area contributed by atoms with E-state index in [0.29, 0.717) is 12.0 Å². The molecule has 2 rings (SSSR count). The third kappa shape index (κ3) is 3.61. The van der Waals surface area contributed by atoms with Gasteiger partial charge >= 0.3 is 12.0 Å². The highest BCUT2D eigenvalue weighted by Crippen LogP contribution is 2.47. The minimum Gasteiger partial charge on any atom is -0.481 e. The Kier molecular flexibility index (Phi) is 4.02. The molecule has 2 amide bonds. The molecule has 108 valence electrons. The van der Waals surface area contributed by atoms with E-state index in [9.17, 15) is 9.59 Å². The van der Waals surface area contributed by atoms with Gasteiger partial charge in [-0.1, -0.05) is 19.8 Å². The zero-order chi connectivity index (χ0) is 13.9. The number of rotatable bonds is 6. The van der Waals surface area contributed by atoms with Crippen molar-refractivity contribution in [1.82, 2.24) is 10.6 Å². The van der Waals surface area contributed by atoms with Gasteiger partial charge in [-0.05, 0) is 37.5 Å². The minimum atomic E-state index is -0.838. The van der Waals surface area contributed by atoms with E-state index >= 15 is 0 Å². The maximum absolute atomic E-state index is 12.0. The van der Waals surface area contributed by atoms with E-state index in [1.165, 1.54) is 12.8 Å². The highest BCUT2D eigenvalue weighted by atomic mass is 16.4. The first-order chi connectivity index (χ1) is 8.99. The highest BCUT2D eigenvalue weighted by molar-refractivity contribution is 5.77. The second kappa shape index (κ2) is 5.39. The van der Waals surface area contributed by atoms with Gasteiger partial charge in [-0.15, -0.1) is 0 Å². The predicted octanol–water partition coefficient (Wildman–Crippen LogP) is 2.26. The van der Waals surface area contributed by atoms with Crippen LogP contribution in [0.2, 0.25) is 0 Å². The molecule has 0 bridgehead atoms. The fraction of sp³-hybridized carbons (Fsp3) is 0.857. The summed E-state index contributed by atoms with van der Waals surface area (Å²) in [6.45, 7) is 2.86. The van der Waals surface area contributed by atoms with E-state index in [1.807, 2.05) is 0 Å². The lowest BCUT2D eigenvalue weighted by Gasteiger charge is -2.29. The molecule has 0 saturated heterocycles. The molecule has 2 fully saturated rings. The van der Waals surface area contributed by atoms with Crippen molar-refractivity contribution in [3.63, 3.8) is 0 Å². The zero-order valence-corrected chi connectivity index (χ0v) is 11.6. The lowest BCUT2D eigenvalue weighted by Crippen LogP contribution is -2.52. The topological polar surface area (TPSA) is 78.4 Å². The number of carbonyl (C=O) groups is 2. The maximum atomic E-state index is 12.0. The quantitative estimate of drug-likeness (QED) is 0.691. The molecule has 0 aromatic carbocycles. The summed E-state index contributed by atoms with van der Waals surface area (Å²) in [5.41, 5.74) is -0.216. The van der Waals surface area contributed by atoms with Crippen molar-refractivity contribution in [2.75, 3.05) is 6.54 Å². The molecule has 2 saturated carbocycles. The van der Waals surface area contributed by atoms with Crippen LogP contribution in [0.5, 0.6) is 0 Å². The standard InChI is InChI=1S/C14H24N2O3/c1-2-13(7-8-13)10-15-12(19)16-14(9-11(17)18)5-3-4-6-14/h2-10H2,1H3,(H,17,18)(H2,15,16,19). The molecule has 0 aromatic rings. The summed E-state index contributed by atoms with van der Waals surface area (Å²) < 4.78 is 0. The minimum absolute atomic E-state index is 0.0271. The average molecular weight is 268 g/mol. The molecule has 0 radical (unpaired) electrons. The third-order valence-corrected chi connectivity index (χ3v) is 4.76. The maximum Gasteiger partial charge on any atom is 0.315 e. The van der Waals surface area contributed by atoms with Gasteiger partial charge in [0.05, 0.1) is 12.0 Å². The average Bonchev–Trinajstić information content (AvgIpc) is 3.01. The molecule has 2 aliphatic rings. The molecule has 5 heteroatoms. The molecule has 5 nitrogen and oxygen atoms in total. The number of carboxylic acids is 1. The number of aliphatic carboxylic acids is 1. The zero-order valence-electron chi connectivity index (χ0n) is 11.6. The first-order valence-electron chi connectivity index (χ1n) is 7.27. The van der Waals surface area contributed by atoms with E-state index in [-0.39, 0.29) is 12.5 Å². The van der Waals surface area contributed by atoms with Gasteiger partial charge in [0.15, 0.2) is 0 Å². The molecular weight excluding hydrogens is 244 g/mol. The highest BCUT2D eigenvalue weighted by Gasteiger charge is 2.42. The lowest BCUT2D eigenvalue weighted by atomic mass is 9.93. The molecule has 0 heterocycles. The summed E-state index contributed by atoms with van der Waals surface area (Å²) in [5.74, 6) is -0.838. The summed E-state index contributed by atoms with van der Waals surface area (Å²) in [6, 6.07) is -0.206. The second-order valence-corrected chi connectivity index (χ2v) is 6.22. The van der Waals surface area contributed by atoms with Gasteiger partial charge in [0, 0.05) is 6.54 Å². The van der Waals surface area contributed by atoms with E-state index < -0.39 is 11.5 Å². The third-order valence-electron chi connectivity index (χ3n) is 4.76. The smallest absolute Gasteiger partial charge is 0.315 e. The summed E-state index contributed by atoms with van der Waals surface area (Å²) in [6.07, 6.45) is 7.01. The van der Waals surface area contributed by atoms with Crippen LogP contribution in [0.1, 0.15) is 58.3 Å². The molecule has 0 aliphatic heterocycles. The molecule has 0 atom stereocenters. The first-order valence-corrected chi connectivity index (χ1v) is 7.27. The molecule has 3 N–H and O–H groups in total. The van der Waals surface area contributed by atoms with Crippen molar-refractivity contribution in [3.05, 3.63) is 0 Å². The van der Waals surface area contributed by atoms with Crippen LogP contribution >= 0.6 is 0 Å². The number of nitrogens with one attached hydrogen (secondary N) is 2. The van der Waals surface area contributed by atoms with Crippen LogP contribution in [-0.2, 0) is 4.79 Å². The molecule has 2 aliphatic carbocycles. The second-order valence-electron chi connectivity index (χ2n) is 6.22. The Morgan fingerprint density at radius 1 is 1.16 bits per heavy atom. The van der Waals surface area contributed by atoms with E-state index in [2.05, 4.69) is 17.6 Å². The van der Waals surface area contributed by atoms with Crippen LogP contribution < -0.4 is 10.6 Å². The van der Waals surface area contributed by atoms with Crippen LogP contribution in [0.15, 0.2) is 0 Å². The molecule has 0 unspecified atom stereocenters. The fourth-order valence-electron chi connectivity index (χ4n) is 3.07. The van der Waals surface area contributed by atoms with Gasteiger partial charge in [-0.25, -0.2) is 4.79 Å². The normalized spacial score (nSPS) is 22.8. The number of urea groups is 1. The SMILES string of the molecule is CCC1(CNC(=O)NC2(CC(=O)O)CCCC2)CC1. The Morgan fingerprint density at radius 2 is 1.79 bits per heavy atom. The molecular formula is C14H24N2O3. The van der Waals surface area contributed by atoms with Crippen molar-refractivity contribution in [2.45, 2.75) is 63.8 Å². The van der Waals surface area contributed by atoms with Gasteiger partial charge in [0.25, 0.3) is 0 Å². The number of carboxylic acid groups (broad SMARTS) is 1. The predicted molar refractivity (Wildman–Crippen MR) is 71.9 cm³/mol. The summed E-state index contributed by atoms with van der Waals surface area (Å²) >= 11 is 0. The van der Waals surface area contributed by atoms with Gasteiger partial charge in [-0.3, -0.25) is 4.79 Å². The van der Waals surface area contributed by atoms with Gasteiger partial charge in [0.1, 0.15) is 0 Å². The number of amides is 2. The molecule has 0 spiro atoms. The van der Waals surface area contributed by atoms with Crippen LogP contribution in [0, 0.1) is 5.41 Å². The van der Waals surface area contributed by atoms with Crippen molar-refractivity contribution in [1.29, 1.82) is 0 Å². The Bertz CT molecular complexity index is 358. The van der Waals surface area contributed by atoms with Gasteiger partial charge < -0.3 is 15.7 Å². The van der Waals surface area contributed by atoms with Crippen molar-refractivity contribution < 1.29 is 14.7 Å². The molecule has 0 aromatic heterocycles. The number of carbonyl (C=O) groups excluding carboxylic acids is 1. The Morgan fingerprint density at radius 3 is 2.26 bits per heavy atom. The molecule has 19 heavy (non-hydrogen) atoms. The summed E-state index contributed by atoms with van der Waals surface area (Å²) in [5, 5.41) is 14.8. The lowest BCUT2D eigenvalue weighted by molar-refractivity contribution is -0.138. The Hall–Kier alpha value is -1.26. The largest absolute Gasteiger partial charge is 0.481 e. The van der Waals surface area contributed by atoms with Crippen molar-refractivity contribution >= 4 is 12.0 Å².